The van der Waals surface area contributed by atoms with E-state index in [2.05, 4.69) is 5.32 Å². The molecule has 2 aromatic rings. The van der Waals surface area contributed by atoms with Crippen LogP contribution in [0.3, 0.4) is 0 Å². The Kier molecular flexibility index (Phi) is 5.80. The number of methoxy groups -OCH3 is 1. The van der Waals surface area contributed by atoms with Crippen LogP contribution in [-0.4, -0.2) is 37.3 Å². The molecule has 7 nitrogen and oxygen atoms in total. The van der Waals surface area contributed by atoms with E-state index in [-0.39, 0.29) is 23.8 Å². The molecule has 0 aliphatic carbocycles. The van der Waals surface area contributed by atoms with E-state index in [4.69, 9.17) is 14.2 Å². The Bertz CT molecular complexity index is 848. The molecule has 1 aliphatic heterocycles. The third kappa shape index (κ3) is 4.69. The number of carboxylic acids is 1. The fourth-order valence-corrected chi connectivity index (χ4v) is 2.82. The molecular weight excluding hydrogens is 350 g/mol. The predicted octanol–water partition coefficient (Wildman–Crippen LogP) is 2.41. The summed E-state index contributed by atoms with van der Waals surface area (Å²) in [6.45, 7) is 1.32. The molecule has 0 bridgehead atoms. The molecule has 27 heavy (non-hydrogen) atoms. The van der Waals surface area contributed by atoms with E-state index in [0.29, 0.717) is 37.4 Å². The first-order valence-corrected chi connectivity index (χ1v) is 8.62. The molecule has 0 fully saturated rings. The minimum absolute atomic E-state index is 0.0699. The molecule has 1 amide bonds. The monoisotopic (exact) mass is 371 g/mol. The summed E-state index contributed by atoms with van der Waals surface area (Å²) in [6, 6.07) is 10.5. The third-order valence-corrected chi connectivity index (χ3v) is 4.23. The number of nitrogens with one attached hydrogen (secondary N) is 1. The molecule has 0 spiro atoms. The van der Waals surface area contributed by atoms with Crippen molar-refractivity contribution >= 4 is 11.9 Å². The first-order valence-electron chi connectivity index (χ1n) is 8.62. The van der Waals surface area contributed by atoms with Gasteiger partial charge in [-0.2, -0.15) is 0 Å². The highest BCUT2D eigenvalue weighted by molar-refractivity contribution is 5.91. The van der Waals surface area contributed by atoms with Crippen LogP contribution < -0.4 is 19.5 Å². The van der Waals surface area contributed by atoms with Crippen molar-refractivity contribution in [2.75, 3.05) is 20.3 Å². The number of carbonyl (C=O) groups excluding carboxylic acids is 1. The smallest absolute Gasteiger partial charge is 0.339 e. The van der Waals surface area contributed by atoms with Crippen molar-refractivity contribution in [1.29, 1.82) is 0 Å². The van der Waals surface area contributed by atoms with Crippen molar-refractivity contribution in [3.63, 3.8) is 0 Å². The number of ether oxygens (including phenoxy) is 3. The fourth-order valence-electron chi connectivity index (χ4n) is 2.82. The summed E-state index contributed by atoms with van der Waals surface area (Å²) in [6.07, 6.45) is 0.896. The Hall–Kier alpha value is -3.22. The Labute approximate surface area is 156 Å². The lowest BCUT2D eigenvalue weighted by Gasteiger charge is -2.18. The van der Waals surface area contributed by atoms with E-state index in [0.717, 1.165) is 11.3 Å². The van der Waals surface area contributed by atoms with E-state index in [1.165, 1.54) is 13.2 Å². The van der Waals surface area contributed by atoms with Gasteiger partial charge in [0.25, 0.3) is 0 Å². The van der Waals surface area contributed by atoms with Crippen LogP contribution in [0.5, 0.6) is 17.2 Å². The zero-order chi connectivity index (χ0) is 19.2. The first kappa shape index (κ1) is 18.6. The molecule has 142 valence electrons. The molecule has 2 N–H and O–H groups in total. The maximum atomic E-state index is 12.1. The average molecular weight is 371 g/mol. The van der Waals surface area contributed by atoms with Crippen molar-refractivity contribution < 1.29 is 28.9 Å². The van der Waals surface area contributed by atoms with E-state index >= 15 is 0 Å². The highest BCUT2D eigenvalue weighted by Gasteiger charge is 2.13. The second kappa shape index (κ2) is 8.44. The summed E-state index contributed by atoms with van der Waals surface area (Å²) in [5.74, 6) is 0.536. The number of hydrogen-bond donors (Lipinski definition) is 2. The van der Waals surface area contributed by atoms with Gasteiger partial charge >= 0.3 is 5.97 Å². The highest BCUT2D eigenvalue weighted by atomic mass is 16.6. The topological polar surface area (TPSA) is 94.1 Å². The minimum atomic E-state index is -1.07. The molecule has 1 heterocycles. The number of amides is 1. The number of aryl methyl sites for hydroxylation is 1. The van der Waals surface area contributed by atoms with Gasteiger partial charge in [-0.25, -0.2) is 4.79 Å². The van der Waals surface area contributed by atoms with Crippen LogP contribution in [0.2, 0.25) is 0 Å². The van der Waals surface area contributed by atoms with Gasteiger partial charge in [0.15, 0.2) is 11.5 Å². The van der Waals surface area contributed by atoms with Crippen LogP contribution in [-0.2, 0) is 17.8 Å². The maximum absolute atomic E-state index is 12.1. The lowest BCUT2D eigenvalue weighted by molar-refractivity contribution is -0.121. The molecule has 1 aliphatic rings. The summed E-state index contributed by atoms with van der Waals surface area (Å²) >= 11 is 0. The van der Waals surface area contributed by atoms with Crippen LogP contribution in [0.15, 0.2) is 36.4 Å². The molecule has 0 saturated heterocycles. The maximum Gasteiger partial charge on any atom is 0.339 e. The van der Waals surface area contributed by atoms with Gasteiger partial charge in [0.05, 0.1) is 7.11 Å². The van der Waals surface area contributed by atoms with E-state index in [1.807, 2.05) is 18.2 Å². The predicted molar refractivity (Wildman–Crippen MR) is 97.6 cm³/mol. The number of hydrogen-bond acceptors (Lipinski definition) is 5. The molecular formula is C20H21NO6. The molecule has 0 radical (unpaired) electrons. The SMILES string of the molecule is COc1ccc(CNC(=O)CCc2ccc3c(c2)OCCO3)cc1C(=O)O. The third-order valence-electron chi connectivity index (χ3n) is 4.23. The number of rotatable bonds is 7. The second-order valence-corrected chi connectivity index (χ2v) is 6.09. The summed E-state index contributed by atoms with van der Waals surface area (Å²) in [7, 11) is 1.42. The molecule has 0 atom stereocenters. The number of benzene rings is 2. The van der Waals surface area contributed by atoms with Crippen LogP contribution in [0.25, 0.3) is 0 Å². The van der Waals surface area contributed by atoms with Crippen molar-refractivity contribution in [3.05, 3.63) is 53.1 Å². The lowest BCUT2D eigenvalue weighted by Crippen LogP contribution is -2.23. The number of fused-ring (bicyclic) bond motifs is 1. The first-order chi connectivity index (χ1) is 13.1. The molecule has 0 aromatic heterocycles. The molecule has 3 rings (SSSR count). The highest BCUT2D eigenvalue weighted by Crippen LogP contribution is 2.31. The standard InChI is InChI=1S/C20H21NO6/c1-25-16-5-3-14(10-15(16)20(23)24)12-21-19(22)7-4-13-2-6-17-18(11-13)27-9-8-26-17/h2-3,5-6,10-11H,4,7-9,12H2,1H3,(H,21,22)(H,23,24). The molecule has 2 aromatic carbocycles. The van der Waals surface area contributed by atoms with Crippen molar-refractivity contribution in [3.8, 4) is 17.2 Å². The van der Waals surface area contributed by atoms with Gasteiger partial charge < -0.3 is 24.6 Å². The zero-order valence-corrected chi connectivity index (χ0v) is 15.0. The summed E-state index contributed by atoms with van der Waals surface area (Å²) in [5, 5.41) is 12.0. The largest absolute Gasteiger partial charge is 0.496 e. The van der Waals surface area contributed by atoms with Crippen molar-refractivity contribution in [1.82, 2.24) is 5.32 Å². The Balaban J connectivity index is 1.53. The van der Waals surface area contributed by atoms with Gasteiger partial charge in [-0.15, -0.1) is 0 Å². The van der Waals surface area contributed by atoms with Crippen LogP contribution in [0.4, 0.5) is 0 Å². The number of carbonyl (C=O) groups is 2. The minimum Gasteiger partial charge on any atom is -0.496 e. The van der Waals surface area contributed by atoms with Crippen molar-refractivity contribution in [2.45, 2.75) is 19.4 Å². The van der Waals surface area contributed by atoms with Crippen LogP contribution >= 0.6 is 0 Å². The Morgan fingerprint density at radius 1 is 1.07 bits per heavy atom. The second-order valence-electron chi connectivity index (χ2n) is 6.09. The van der Waals surface area contributed by atoms with Gasteiger partial charge in [-0.1, -0.05) is 12.1 Å². The fraction of sp³-hybridized carbons (Fsp3) is 0.300. The Morgan fingerprint density at radius 3 is 2.56 bits per heavy atom. The quantitative estimate of drug-likeness (QED) is 0.776. The van der Waals surface area contributed by atoms with Crippen LogP contribution in [0.1, 0.15) is 27.9 Å². The van der Waals surface area contributed by atoms with E-state index in [1.54, 1.807) is 12.1 Å². The van der Waals surface area contributed by atoms with Gasteiger partial charge in [-0.05, 0) is 41.8 Å². The zero-order valence-electron chi connectivity index (χ0n) is 15.0. The summed E-state index contributed by atoms with van der Waals surface area (Å²) in [4.78, 5) is 23.4. The lowest BCUT2D eigenvalue weighted by atomic mass is 10.1. The van der Waals surface area contributed by atoms with Gasteiger partial charge in [0, 0.05) is 13.0 Å². The van der Waals surface area contributed by atoms with Gasteiger partial charge in [0.2, 0.25) is 5.91 Å². The van der Waals surface area contributed by atoms with Gasteiger partial charge in [0.1, 0.15) is 24.5 Å². The van der Waals surface area contributed by atoms with E-state index in [9.17, 15) is 14.7 Å². The normalized spacial score (nSPS) is 12.3. The summed E-state index contributed by atoms with van der Waals surface area (Å²) < 4.78 is 16.0. The van der Waals surface area contributed by atoms with Crippen molar-refractivity contribution in [2.24, 2.45) is 0 Å². The van der Waals surface area contributed by atoms with Gasteiger partial charge in [-0.3, -0.25) is 4.79 Å². The van der Waals surface area contributed by atoms with E-state index < -0.39 is 5.97 Å². The molecule has 0 unspecified atom stereocenters. The molecule has 0 saturated carbocycles. The Morgan fingerprint density at radius 2 is 1.81 bits per heavy atom. The number of aromatic carboxylic acids is 1. The molecule has 7 heteroatoms. The average Bonchev–Trinajstić information content (AvgIpc) is 2.70. The van der Waals surface area contributed by atoms with Crippen LogP contribution in [0, 0.1) is 0 Å². The summed E-state index contributed by atoms with van der Waals surface area (Å²) in [5.41, 5.74) is 1.76. The number of carboxylic acid groups (broad SMARTS) is 1.